The average Bonchev–Trinajstić information content (AvgIpc) is 2.54. The zero-order valence-electron chi connectivity index (χ0n) is 13.5. The van der Waals surface area contributed by atoms with E-state index in [2.05, 4.69) is 4.18 Å². The molecule has 5 nitrogen and oxygen atoms in total. The first-order valence-electron chi connectivity index (χ1n) is 7.59. The molecule has 1 aromatic carbocycles. The van der Waals surface area contributed by atoms with E-state index in [4.69, 9.17) is 0 Å². The Morgan fingerprint density at radius 3 is 2.44 bits per heavy atom. The number of rotatable bonds is 5. The van der Waals surface area contributed by atoms with E-state index in [-0.39, 0.29) is 30.9 Å². The van der Waals surface area contributed by atoms with Gasteiger partial charge in [-0.25, -0.2) is 0 Å². The van der Waals surface area contributed by atoms with E-state index in [9.17, 15) is 26.4 Å². The quantitative estimate of drug-likeness (QED) is 0.584. The Balaban J connectivity index is 1.94. The van der Waals surface area contributed by atoms with E-state index >= 15 is 0 Å². The second-order valence-corrected chi connectivity index (χ2v) is 7.34. The Morgan fingerprint density at radius 2 is 1.92 bits per heavy atom. The predicted octanol–water partition coefficient (Wildman–Crippen LogP) is 3.20. The standard InChI is InChI=1S/C16H18F3NO4S/c1-20(11-12-5-3-2-4-6-12)15(21)13-7-9-14(10-8-13)24-25(22,23)16(17,18)19/h2-6,9,13H,7-8,10-11H2,1H3/t13-/m1/s1. The molecule has 25 heavy (non-hydrogen) atoms. The van der Waals surface area contributed by atoms with Crippen LogP contribution in [0, 0.1) is 5.92 Å². The first-order valence-corrected chi connectivity index (χ1v) is 8.99. The van der Waals surface area contributed by atoms with Crippen LogP contribution in [0.4, 0.5) is 13.2 Å². The lowest BCUT2D eigenvalue weighted by molar-refractivity contribution is -0.135. The van der Waals surface area contributed by atoms with Crippen molar-refractivity contribution in [3.8, 4) is 0 Å². The van der Waals surface area contributed by atoms with E-state index in [1.54, 1.807) is 11.9 Å². The van der Waals surface area contributed by atoms with Gasteiger partial charge in [-0.15, -0.1) is 0 Å². The normalized spacial score (nSPS) is 18.4. The third kappa shape index (κ3) is 4.97. The summed E-state index contributed by atoms with van der Waals surface area (Å²) in [5.41, 5.74) is -4.50. The number of carbonyl (C=O) groups is 1. The third-order valence-electron chi connectivity index (χ3n) is 3.86. The smallest absolute Gasteiger partial charge is 0.381 e. The van der Waals surface area contributed by atoms with Crippen molar-refractivity contribution in [1.82, 2.24) is 4.90 Å². The lowest BCUT2D eigenvalue weighted by Crippen LogP contribution is -2.33. The van der Waals surface area contributed by atoms with Gasteiger partial charge in [0.2, 0.25) is 5.91 Å². The molecule has 1 amide bonds. The molecule has 0 aromatic heterocycles. The fourth-order valence-corrected chi connectivity index (χ4v) is 3.07. The van der Waals surface area contributed by atoms with E-state index in [0.29, 0.717) is 6.54 Å². The maximum atomic E-state index is 12.4. The highest BCUT2D eigenvalue weighted by atomic mass is 32.2. The van der Waals surface area contributed by atoms with Crippen molar-refractivity contribution in [2.75, 3.05) is 7.05 Å². The van der Waals surface area contributed by atoms with Crippen LogP contribution in [0.15, 0.2) is 42.2 Å². The molecule has 138 valence electrons. The summed E-state index contributed by atoms with van der Waals surface area (Å²) in [5.74, 6) is -0.820. The molecule has 0 N–H and O–H groups in total. The summed E-state index contributed by atoms with van der Waals surface area (Å²) in [6.45, 7) is 0.422. The maximum absolute atomic E-state index is 12.4. The third-order valence-corrected chi connectivity index (χ3v) is 4.86. The molecule has 0 fully saturated rings. The maximum Gasteiger partial charge on any atom is 0.534 e. The van der Waals surface area contributed by atoms with E-state index < -0.39 is 21.5 Å². The predicted molar refractivity (Wildman–Crippen MR) is 84.4 cm³/mol. The van der Waals surface area contributed by atoms with Gasteiger partial charge in [-0.05, 0) is 24.5 Å². The molecule has 1 aliphatic rings. The number of nitrogens with zero attached hydrogens (tertiary/aromatic N) is 1. The van der Waals surface area contributed by atoms with Crippen molar-refractivity contribution in [2.24, 2.45) is 5.92 Å². The van der Waals surface area contributed by atoms with Gasteiger partial charge in [0.05, 0.1) is 0 Å². The number of allylic oxidation sites excluding steroid dienone is 2. The van der Waals surface area contributed by atoms with E-state index in [1.165, 1.54) is 6.08 Å². The first kappa shape index (κ1) is 19.3. The van der Waals surface area contributed by atoms with Crippen LogP contribution >= 0.6 is 0 Å². The minimum Gasteiger partial charge on any atom is -0.381 e. The highest BCUT2D eigenvalue weighted by molar-refractivity contribution is 7.87. The lowest BCUT2D eigenvalue weighted by atomic mass is 9.92. The van der Waals surface area contributed by atoms with Crippen LogP contribution in [-0.2, 0) is 25.6 Å². The van der Waals surface area contributed by atoms with Gasteiger partial charge in [0.15, 0.2) is 0 Å². The SMILES string of the molecule is CN(Cc1ccccc1)C(=O)[C@@H]1CC=C(OS(=O)(=O)C(F)(F)F)CC1. The first-order chi connectivity index (χ1) is 11.6. The largest absolute Gasteiger partial charge is 0.534 e. The van der Waals surface area contributed by atoms with Crippen LogP contribution in [0.3, 0.4) is 0 Å². The second kappa shape index (κ2) is 7.47. The van der Waals surface area contributed by atoms with Gasteiger partial charge in [-0.3, -0.25) is 4.79 Å². The zero-order valence-corrected chi connectivity index (χ0v) is 14.3. The van der Waals surface area contributed by atoms with Crippen molar-refractivity contribution in [3.05, 3.63) is 47.7 Å². The zero-order chi connectivity index (χ0) is 18.7. The molecule has 0 radical (unpaired) electrons. The summed E-state index contributed by atoms with van der Waals surface area (Å²) in [4.78, 5) is 14.0. The molecule has 9 heteroatoms. The topological polar surface area (TPSA) is 63.7 Å². The molecule has 1 aliphatic carbocycles. The highest BCUT2D eigenvalue weighted by Crippen LogP contribution is 2.31. The molecular weight excluding hydrogens is 359 g/mol. The second-order valence-electron chi connectivity index (χ2n) is 5.80. The summed E-state index contributed by atoms with van der Waals surface area (Å²) in [6, 6.07) is 9.37. The monoisotopic (exact) mass is 377 g/mol. The Labute approximate surface area is 144 Å². The Bertz CT molecular complexity index is 744. The lowest BCUT2D eigenvalue weighted by Gasteiger charge is -2.26. The summed E-state index contributed by atoms with van der Waals surface area (Å²) in [5, 5.41) is 0. The number of carbonyl (C=O) groups excluding carboxylic acids is 1. The van der Waals surface area contributed by atoms with Crippen LogP contribution < -0.4 is 0 Å². The minimum absolute atomic E-state index is 0.0368. The number of amides is 1. The fourth-order valence-electron chi connectivity index (χ4n) is 2.55. The van der Waals surface area contributed by atoms with Crippen molar-refractivity contribution in [1.29, 1.82) is 0 Å². The molecule has 2 rings (SSSR count). The van der Waals surface area contributed by atoms with Gasteiger partial charge in [0.1, 0.15) is 5.76 Å². The molecule has 0 unspecified atom stereocenters. The van der Waals surface area contributed by atoms with Gasteiger partial charge < -0.3 is 9.08 Å². The van der Waals surface area contributed by atoms with Gasteiger partial charge in [0, 0.05) is 25.9 Å². The Kier molecular flexibility index (Phi) is 5.76. The molecule has 0 aliphatic heterocycles. The number of hydrogen-bond acceptors (Lipinski definition) is 4. The van der Waals surface area contributed by atoms with E-state index in [0.717, 1.165) is 5.56 Å². The van der Waals surface area contributed by atoms with Crippen molar-refractivity contribution in [3.63, 3.8) is 0 Å². The van der Waals surface area contributed by atoms with Crippen molar-refractivity contribution < 1.29 is 30.6 Å². The van der Waals surface area contributed by atoms with Crippen molar-refractivity contribution in [2.45, 2.75) is 31.3 Å². The van der Waals surface area contributed by atoms with Gasteiger partial charge in [0.25, 0.3) is 0 Å². The molecule has 0 spiro atoms. The van der Waals surface area contributed by atoms with Crippen LogP contribution in [0.2, 0.25) is 0 Å². The Morgan fingerprint density at radius 1 is 1.28 bits per heavy atom. The Hall–Kier alpha value is -2.03. The summed E-state index contributed by atoms with van der Waals surface area (Å²) in [6.07, 6.45) is 1.58. The van der Waals surface area contributed by atoms with Gasteiger partial charge >= 0.3 is 15.6 Å². The number of alkyl halides is 3. The molecule has 1 aromatic rings. The summed E-state index contributed by atoms with van der Waals surface area (Å²) in [7, 11) is -4.00. The minimum atomic E-state index is -5.66. The van der Waals surface area contributed by atoms with Crippen LogP contribution in [0.5, 0.6) is 0 Å². The van der Waals surface area contributed by atoms with Crippen LogP contribution in [0.25, 0.3) is 0 Å². The molecule has 0 heterocycles. The highest BCUT2D eigenvalue weighted by Gasteiger charge is 2.49. The van der Waals surface area contributed by atoms with Crippen molar-refractivity contribution >= 4 is 16.0 Å². The molecule has 1 atom stereocenters. The number of halogens is 3. The molecule has 0 bridgehead atoms. The molecule has 0 saturated heterocycles. The summed E-state index contributed by atoms with van der Waals surface area (Å²) < 4.78 is 63.0. The van der Waals surface area contributed by atoms with E-state index in [1.807, 2.05) is 30.3 Å². The summed E-state index contributed by atoms with van der Waals surface area (Å²) >= 11 is 0. The number of benzene rings is 1. The fraction of sp³-hybridized carbons (Fsp3) is 0.438. The van der Waals surface area contributed by atoms with Crippen LogP contribution in [-0.4, -0.2) is 31.8 Å². The van der Waals surface area contributed by atoms with Gasteiger partial charge in [-0.2, -0.15) is 21.6 Å². The number of hydrogen-bond donors (Lipinski definition) is 0. The molecular formula is C16H18F3NO4S. The molecule has 0 saturated carbocycles. The van der Waals surface area contributed by atoms with Crippen LogP contribution in [0.1, 0.15) is 24.8 Å². The average molecular weight is 377 g/mol. The van der Waals surface area contributed by atoms with Gasteiger partial charge in [-0.1, -0.05) is 30.3 Å².